The summed E-state index contributed by atoms with van der Waals surface area (Å²) >= 11 is 12.4. The number of hydrazone groups is 1. The first-order valence-corrected chi connectivity index (χ1v) is 14.9. The highest BCUT2D eigenvalue weighted by Crippen LogP contribution is 2.34. The maximum absolute atomic E-state index is 13.7. The van der Waals surface area contributed by atoms with Crippen molar-refractivity contribution in [3.63, 3.8) is 0 Å². The number of rotatable bonds is 8. The molecule has 1 aliphatic rings. The molecule has 0 spiro atoms. The van der Waals surface area contributed by atoms with Gasteiger partial charge in [-0.2, -0.15) is 5.10 Å². The van der Waals surface area contributed by atoms with Crippen molar-refractivity contribution in [2.75, 3.05) is 24.1 Å². The lowest BCUT2D eigenvalue weighted by molar-refractivity contribution is -0.119. The van der Waals surface area contributed by atoms with Gasteiger partial charge >= 0.3 is 0 Å². The molecule has 218 valence electrons. The van der Waals surface area contributed by atoms with Crippen LogP contribution in [-0.4, -0.2) is 44.9 Å². The Balaban J connectivity index is 1.37. The molecule has 1 aromatic heterocycles. The highest BCUT2D eigenvalue weighted by Gasteiger charge is 2.29. The number of halogens is 3. The molecular formula is C29H25Cl2FN4O5S. The number of nitrogens with zero attached hydrogens (tertiary/aromatic N) is 3. The van der Waals surface area contributed by atoms with Crippen molar-refractivity contribution in [2.24, 2.45) is 5.10 Å². The first-order valence-electron chi connectivity index (χ1n) is 12.7. The number of carbonyl (C=O) groups excluding carboxylic acids is 1. The minimum absolute atomic E-state index is 0.0915. The predicted octanol–water partition coefficient (Wildman–Crippen LogP) is 5.66. The zero-order chi connectivity index (χ0) is 30.0. The molecule has 0 aliphatic carbocycles. The summed E-state index contributed by atoms with van der Waals surface area (Å²) in [6.45, 7) is 3.77. The van der Waals surface area contributed by atoms with Crippen molar-refractivity contribution in [1.82, 2.24) is 9.99 Å². The molecule has 3 aromatic carbocycles. The summed E-state index contributed by atoms with van der Waals surface area (Å²) in [7, 11) is -4.28. The van der Waals surface area contributed by atoms with Crippen LogP contribution in [0.25, 0.3) is 5.69 Å². The Morgan fingerprint density at radius 1 is 1.02 bits per heavy atom. The van der Waals surface area contributed by atoms with Crippen molar-refractivity contribution in [2.45, 2.75) is 18.7 Å². The van der Waals surface area contributed by atoms with E-state index in [2.05, 4.69) is 10.5 Å². The Morgan fingerprint density at radius 3 is 2.45 bits per heavy atom. The zero-order valence-electron chi connectivity index (χ0n) is 22.5. The highest BCUT2D eigenvalue weighted by molar-refractivity contribution is 7.92. The van der Waals surface area contributed by atoms with Gasteiger partial charge in [-0.25, -0.2) is 18.2 Å². The number of hydrogen-bond acceptors (Lipinski definition) is 6. The third-order valence-electron chi connectivity index (χ3n) is 6.52. The number of hydrogen-bond donors (Lipinski definition) is 1. The van der Waals surface area contributed by atoms with E-state index in [1.807, 2.05) is 24.5 Å². The molecule has 1 N–H and O–H groups in total. The lowest BCUT2D eigenvalue weighted by Crippen LogP contribution is -2.39. The molecule has 0 saturated carbocycles. The van der Waals surface area contributed by atoms with Gasteiger partial charge in [0.05, 0.1) is 27.5 Å². The Morgan fingerprint density at radius 2 is 1.74 bits per heavy atom. The summed E-state index contributed by atoms with van der Waals surface area (Å²) in [5, 5.41) is 5.04. The summed E-state index contributed by atoms with van der Waals surface area (Å²) in [6.07, 6.45) is 1.46. The van der Waals surface area contributed by atoms with Crippen LogP contribution in [-0.2, 0) is 14.8 Å². The fraction of sp³-hybridized carbons (Fsp3) is 0.172. The van der Waals surface area contributed by atoms with Crippen LogP contribution in [0, 0.1) is 19.7 Å². The van der Waals surface area contributed by atoms with Gasteiger partial charge in [0.2, 0.25) is 0 Å². The van der Waals surface area contributed by atoms with Crippen molar-refractivity contribution in [3.8, 4) is 17.2 Å². The Bertz CT molecular complexity index is 1790. The summed E-state index contributed by atoms with van der Waals surface area (Å²) in [5.41, 5.74) is 5.60. The van der Waals surface area contributed by atoms with Crippen molar-refractivity contribution >= 4 is 51.0 Å². The molecule has 9 nitrogen and oxygen atoms in total. The number of fused-ring (bicyclic) bond motifs is 1. The molecular weight excluding hydrogens is 606 g/mol. The zero-order valence-corrected chi connectivity index (χ0v) is 24.8. The molecule has 2 heterocycles. The number of ether oxygens (including phenoxy) is 2. The Labute approximate surface area is 252 Å². The monoisotopic (exact) mass is 630 g/mol. The molecule has 0 unspecified atom stereocenters. The van der Waals surface area contributed by atoms with Crippen molar-refractivity contribution < 1.29 is 27.1 Å². The van der Waals surface area contributed by atoms with Crippen LogP contribution in [0.2, 0.25) is 10.0 Å². The van der Waals surface area contributed by atoms with Crippen LogP contribution in [0.4, 0.5) is 10.1 Å². The standard InChI is InChI=1S/C29H25Cl2FN4O5S/c1-18-13-20(19(2)36(18)26-9-3-21(30)14-25(26)31)16-33-34-29(37)17-35(23-6-4-22(32)5-7-23)42(38,39)24-8-10-27-28(15-24)41-12-11-40-27/h3-10,13-16H,11-12,17H2,1-2H3,(H,34,37)/b33-16-. The van der Waals surface area contributed by atoms with Gasteiger partial charge in [0.25, 0.3) is 15.9 Å². The number of aryl methyl sites for hydroxylation is 1. The molecule has 0 bridgehead atoms. The molecule has 0 saturated heterocycles. The molecule has 5 rings (SSSR count). The van der Waals surface area contributed by atoms with Gasteiger partial charge in [-0.3, -0.25) is 9.10 Å². The average Bonchev–Trinajstić information content (AvgIpc) is 3.24. The lowest BCUT2D eigenvalue weighted by atomic mass is 10.2. The second kappa shape index (κ2) is 12.0. The van der Waals surface area contributed by atoms with Crippen molar-refractivity contribution in [3.05, 3.63) is 99.5 Å². The number of nitrogens with one attached hydrogen (secondary N) is 1. The van der Waals surface area contributed by atoms with Crippen molar-refractivity contribution in [1.29, 1.82) is 0 Å². The topological polar surface area (TPSA) is 102 Å². The van der Waals surface area contributed by atoms with Gasteiger partial charge < -0.3 is 14.0 Å². The number of amides is 1. The van der Waals surface area contributed by atoms with E-state index in [1.54, 1.807) is 18.2 Å². The summed E-state index contributed by atoms with van der Waals surface area (Å²) in [6, 6.07) is 16.0. The largest absolute Gasteiger partial charge is 0.486 e. The minimum atomic E-state index is -4.28. The van der Waals surface area contributed by atoms with Crippen LogP contribution in [0.3, 0.4) is 0 Å². The Hall–Kier alpha value is -4.06. The quantitative estimate of drug-likeness (QED) is 0.200. The third-order valence-corrected chi connectivity index (χ3v) is 8.82. The van der Waals surface area contributed by atoms with E-state index >= 15 is 0 Å². The van der Waals surface area contributed by atoms with Gasteiger partial charge in [-0.1, -0.05) is 23.2 Å². The molecule has 42 heavy (non-hydrogen) atoms. The molecule has 13 heteroatoms. The van der Waals surface area contributed by atoms with E-state index in [1.165, 1.54) is 36.5 Å². The number of sulfonamides is 1. The molecule has 0 fully saturated rings. The molecule has 0 radical (unpaired) electrons. The number of benzene rings is 3. The maximum Gasteiger partial charge on any atom is 0.264 e. The smallest absolute Gasteiger partial charge is 0.264 e. The van der Waals surface area contributed by atoms with E-state index in [0.717, 1.165) is 33.5 Å². The van der Waals surface area contributed by atoms with Crippen LogP contribution in [0.15, 0.2) is 76.7 Å². The fourth-order valence-electron chi connectivity index (χ4n) is 4.53. The van der Waals surface area contributed by atoms with Crippen LogP contribution in [0.5, 0.6) is 11.5 Å². The minimum Gasteiger partial charge on any atom is -0.486 e. The van der Waals surface area contributed by atoms with Gasteiger partial charge in [-0.15, -0.1) is 0 Å². The number of anilines is 1. The second-order valence-corrected chi connectivity index (χ2v) is 12.1. The highest BCUT2D eigenvalue weighted by atomic mass is 35.5. The van der Waals surface area contributed by atoms with E-state index in [4.69, 9.17) is 32.7 Å². The molecule has 0 atom stereocenters. The molecule has 1 aliphatic heterocycles. The van der Waals surface area contributed by atoms with Crippen LogP contribution < -0.4 is 19.2 Å². The normalized spacial score (nSPS) is 12.9. The SMILES string of the molecule is Cc1cc(/C=N\NC(=O)CN(c2ccc(F)cc2)S(=O)(=O)c2ccc3c(c2)OCCO3)c(C)n1-c1ccc(Cl)cc1Cl. The van der Waals surface area contributed by atoms with E-state index in [9.17, 15) is 17.6 Å². The predicted molar refractivity (Wildman–Crippen MR) is 159 cm³/mol. The van der Waals surface area contributed by atoms with E-state index < -0.39 is 28.3 Å². The second-order valence-electron chi connectivity index (χ2n) is 9.34. The van der Waals surface area contributed by atoms with Gasteiger partial charge in [0, 0.05) is 28.0 Å². The first kappa shape index (κ1) is 29.4. The van der Waals surface area contributed by atoms with E-state index in [-0.39, 0.29) is 22.9 Å². The van der Waals surface area contributed by atoms with Crippen LogP contribution >= 0.6 is 23.2 Å². The third kappa shape index (κ3) is 6.08. The van der Waals surface area contributed by atoms with Gasteiger partial charge in [-0.05, 0) is 74.5 Å². The fourth-order valence-corrected chi connectivity index (χ4v) is 6.45. The molecule has 4 aromatic rings. The maximum atomic E-state index is 13.7. The Kier molecular flexibility index (Phi) is 8.44. The summed E-state index contributed by atoms with van der Waals surface area (Å²) < 4.78 is 54.8. The van der Waals surface area contributed by atoms with Gasteiger partial charge in [0.15, 0.2) is 11.5 Å². The van der Waals surface area contributed by atoms with Crippen LogP contribution in [0.1, 0.15) is 17.0 Å². The van der Waals surface area contributed by atoms with Gasteiger partial charge in [0.1, 0.15) is 25.6 Å². The average molecular weight is 632 g/mol. The summed E-state index contributed by atoms with van der Waals surface area (Å²) in [5.74, 6) is -0.584. The molecule has 1 amide bonds. The number of carbonyl (C=O) groups is 1. The lowest BCUT2D eigenvalue weighted by Gasteiger charge is -2.25. The number of aromatic nitrogens is 1. The van der Waals surface area contributed by atoms with E-state index in [0.29, 0.717) is 28.0 Å². The first-order chi connectivity index (χ1) is 20.0. The summed E-state index contributed by atoms with van der Waals surface area (Å²) in [4.78, 5) is 12.8.